The average molecular weight is 195 g/mol. The van der Waals surface area contributed by atoms with E-state index in [2.05, 4.69) is 0 Å². The topological polar surface area (TPSA) is 55.6 Å². The second kappa shape index (κ2) is 5.35. The Morgan fingerprint density at radius 3 is 2.42 bits per heavy atom. The molecule has 1 amide bonds. The van der Waals surface area contributed by atoms with E-state index >= 15 is 0 Å². The Kier molecular flexibility index (Phi) is 5.20. The number of hydrogen-bond acceptors (Lipinski definition) is 3. The molecule has 0 aromatic heterocycles. The van der Waals surface area contributed by atoms with Gasteiger partial charge in [0, 0.05) is 13.1 Å². The summed E-state index contributed by atoms with van der Waals surface area (Å²) in [6, 6.07) is -0.381. The minimum Gasteiger partial charge on any atom is -0.378 e. The molecule has 1 aliphatic rings. The van der Waals surface area contributed by atoms with Crippen molar-refractivity contribution in [3.63, 3.8) is 0 Å². The van der Waals surface area contributed by atoms with Gasteiger partial charge in [-0.1, -0.05) is 0 Å². The van der Waals surface area contributed by atoms with E-state index in [1.54, 1.807) is 11.8 Å². The predicted molar refractivity (Wildman–Crippen MR) is 48.3 cm³/mol. The molecule has 0 bridgehead atoms. The largest absolute Gasteiger partial charge is 0.378 e. The quantitative estimate of drug-likeness (QED) is 0.619. The number of morpholine rings is 1. The van der Waals surface area contributed by atoms with Crippen molar-refractivity contribution < 1.29 is 9.53 Å². The lowest BCUT2D eigenvalue weighted by atomic mass is 10.3. The van der Waals surface area contributed by atoms with Crippen molar-refractivity contribution >= 4 is 18.3 Å². The van der Waals surface area contributed by atoms with Crippen molar-refractivity contribution in [1.82, 2.24) is 4.90 Å². The Balaban J connectivity index is 0.00000121. The van der Waals surface area contributed by atoms with Crippen LogP contribution in [0.3, 0.4) is 0 Å². The van der Waals surface area contributed by atoms with Gasteiger partial charge in [-0.25, -0.2) is 0 Å². The van der Waals surface area contributed by atoms with Crippen LogP contribution in [0.4, 0.5) is 0 Å². The van der Waals surface area contributed by atoms with Crippen LogP contribution in [0.1, 0.15) is 6.92 Å². The van der Waals surface area contributed by atoms with Crippen molar-refractivity contribution in [2.75, 3.05) is 26.3 Å². The van der Waals surface area contributed by atoms with Crippen molar-refractivity contribution in [2.45, 2.75) is 13.0 Å². The molecule has 0 unspecified atom stereocenters. The van der Waals surface area contributed by atoms with Crippen LogP contribution in [-0.2, 0) is 9.53 Å². The normalized spacial score (nSPS) is 19.7. The minimum atomic E-state index is -0.381. The third kappa shape index (κ3) is 2.97. The molecule has 1 aliphatic heterocycles. The first-order chi connectivity index (χ1) is 5.22. The molecular weight excluding hydrogens is 180 g/mol. The summed E-state index contributed by atoms with van der Waals surface area (Å²) in [6.45, 7) is 4.34. The van der Waals surface area contributed by atoms with E-state index in [1.165, 1.54) is 0 Å². The second-order valence-electron chi connectivity index (χ2n) is 2.73. The van der Waals surface area contributed by atoms with E-state index in [1.807, 2.05) is 0 Å². The zero-order chi connectivity index (χ0) is 8.27. The molecule has 1 atom stereocenters. The summed E-state index contributed by atoms with van der Waals surface area (Å²) in [7, 11) is 0. The maximum atomic E-state index is 11.2. The molecule has 72 valence electrons. The summed E-state index contributed by atoms with van der Waals surface area (Å²) in [5.74, 6) is 0.0216. The summed E-state index contributed by atoms with van der Waals surface area (Å²) in [6.07, 6.45) is 0. The number of hydrogen-bond donors (Lipinski definition) is 1. The lowest BCUT2D eigenvalue weighted by Crippen LogP contribution is -2.47. The molecule has 5 heteroatoms. The number of nitrogens with zero attached hydrogens (tertiary/aromatic N) is 1. The van der Waals surface area contributed by atoms with Crippen molar-refractivity contribution in [3.8, 4) is 0 Å². The Hall–Kier alpha value is -0.320. The van der Waals surface area contributed by atoms with Gasteiger partial charge in [-0.3, -0.25) is 4.79 Å². The molecule has 2 N–H and O–H groups in total. The molecule has 12 heavy (non-hydrogen) atoms. The maximum absolute atomic E-state index is 11.2. The molecular formula is C7H15ClN2O2. The molecule has 0 aliphatic carbocycles. The summed E-state index contributed by atoms with van der Waals surface area (Å²) < 4.78 is 5.09. The standard InChI is InChI=1S/C7H14N2O2.ClH/c1-6(8)7(10)9-2-4-11-5-3-9;/h6H,2-5,8H2,1H3;1H/t6-;/m1./s1. The van der Waals surface area contributed by atoms with Gasteiger partial charge in [-0.2, -0.15) is 0 Å². The SMILES string of the molecule is C[C@@H](N)C(=O)N1CCOCC1.Cl. The molecule has 0 radical (unpaired) electrons. The first kappa shape index (κ1) is 11.7. The van der Waals surface area contributed by atoms with Crippen molar-refractivity contribution in [3.05, 3.63) is 0 Å². The summed E-state index contributed by atoms with van der Waals surface area (Å²) in [4.78, 5) is 13.0. The lowest BCUT2D eigenvalue weighted by Gasteiger charge is -2.28. The summed E-state index contributed by atoms with van der Waals surface area (Å²) in [5, 5.41) is 0. The Bertz CT molecular complexity index is 146. The van der Waals surface area contributed by atoms with Gasteiger partial charge in [0.2, 0.25) is 5.91 Å². The number of rotatable bonds is 1. The Morgan fingerprint density at radius 1 is 1.50 bits per heavy atom. The van der Waals surface area contributed by atoms with Gasteiger partial charge in [0.15, 0.2) is 0 Å². The average Bonchev–Trinajstić information content (AvgIpc) is 2.05. The second-order valence-corrected chi connectivity index (χ2v) is 2.73. The van der Waals surface area contributed by atoms with Crippen LogP contribution in [-0.4, -0.2) is 43.2 Å². The number of halogens is 1. The third-order valence-electron chi connectivity index (χ3n) is 1.71. The first-order valence-electron chi connectivity index (χ1n) is 3.84. The number of nitrogens with two attached hydrogens (primary N) is 1. The molecule has 0 spiro atoms. The van der Waals surface area contributed by atoms with E-state index in [-0.39, 0.29) is 24.4 Å². The number of ether oxygens (including phenoxy) is 1. The van der Waals surface area contributed by atoms with E-state index in [9.17, 15) is 4.79 Å². The van der Waals surface area contributed by atoms with Crippen molar-refractivity contribution in [2.24, 2.45) is 5.73 Å². The van der Waals surface area contributed by atoms with E-state index in [0.717, 1.165) is 0 Å². The third-order valence-corrected chi connectivity index (χ3v) is 1.71. The summed E-state index contributed by atoms with van der Waals surface area (Å²) >= 11 is 0. The summed E-state index contributed by atoms with van der Waals surface area (Å²) in [5.41, 5.74) is 5.43. The zero-order valence-corrected chi connectivity index (χ0v) is 7.97. The molecule has 0 aromatic carbocycles. The van der Waals surface area contributed by atoms with E-state index in [0.29, 0.717) is 26.3 Å². The maximum Gasteiger partial charge on any atom is 0.239 e. The molecule has 1 rings (SSSR count). The molecule has 0 aromatic rings. The Morgan fingerprint density at radius 2 is 2.00 bits per heavy atom. The smallest absolute Gasteiger partial charge is 0.239 e. The van der Waals surface area contributed by atoms with Crippen molar-refractivity contribution in [1.29, 1.82) is 0 Å². The Labute approximate surface area is 78.5 Å². The monoisotopic (exact) mass is 194 g/mol. The van der Waals surface area contributed by atoms with Gasteiger partial charge in [0.25, 0.3) is 0 Å². The number of carbonyl (C=O) groups excluding carboxylic acids is 1. The first-order valence-corrected chi connectivity index (χ1v) is 3.84. The molecule has 1 saturated heterocycles. The fourth-order valence-electron chi connectivity index (χ4n) is 1.07. The van der Waals surface area contributed by atoms with Crippen LogP contribution < -0.4 is 5.73 Å². The lowest BCUT2D eigenvalue weighted by molar-refractivity contribution is -0.136. The fourth-order valence-corrected chi connectivity index (χ4v) is 1.07. The van der Waals surface area contributed by atoms with Crippen LogP contribution in [0, 0.1) is 0 Å². The fraction of sp³-hybridized carbons (Fsp3) is 0.857. The highest BCUT2D eigenvalue weighted by Crippen LogP contribution is 1.98. The highest BCUT2D eigenvalue weighted by atomic mass is 35.5. The van der Waals surface area contributed by atoms with Gasteiger partial charge in [0.05, 0.1) is 19.3 Å². The van der Waals surface area contributed by atoms with Gasteiger partial charge < -0.3 is 15.4 Å². The number of amides is 1. The zero-order valence-electron chi connectivity index (χ0n) is 7.16. The van der Waals surface area contributed by atoms with Gasteiger partial charge in [0.1, 0.15) is 0 Å². The molecule has 0 saturated carbocycles. The van der Waals surface area contributed by atoms with Crippen LogP contribution in [0.2, 0.25) is 0 Å². The molecule has 4 nitrogen and oxygen atoms in total. The molecule has 1 heterocycles. The van der Waals surface area contributed by atoms with E-state index < -0.39 is 0 Å². The van der Waals surface area contributed by atoms with Crippen LogP contribution in [0.15, 0.2) is 0 Å². The van der Waals surface area contributed by atoms with Gasteiger partial charge in [-0.05, 0) is 6.92 Å². The van der Waals surface area contributed by atoms with Crippen LogP contribution in [0.25, 0.3) is 0 Å². The molecule has 1 fully saturated rings. The van der Waals surface area contributed by atoms with Gasteiger partial charge >= 0.3 is 0 Å². The van der Waals surface area contributed by atoms with Gasteiger partial charge in [-0.15, -0.1) is 12.4 Å². The number of carbonyl (C=O) groups is 1. The van der Waals surface area contributed by atoms with Crippen LogP contribution in [0.5, 0.6) is 0 Å². The van der Waals surface area contributed by atoms with Crippen LogP contribution >= 0.6 is 12.4 Å². The highest BCUT2D eigenvalue weighted by Gasteiger charge is 2.19. The minimum absolute atomic E-state index is 0. The van der Waals surface area contributed by atoms with E-state index in [4.69, 9.17) is 10.5 Å². The predicted octanol–water partition coefficient (Wildman–Crippen LogP) is -0.386. The highest BCUT2D eigenvalue weighted by molar-refractivity contribution is 5.85.